The molecular formula is C6H14O2Se2. The zero-order chi connectivity index (χ0) is 7.98. The van der Waals surface area contributed by atoms with Gasteiger partial charge in [-0.25, -0.2) is 0 Å². The third-order valence-corrected chi connectivity index (χ3v) is 9.60. The fourth-order valence-corrected chi connectivity index (χ4v) is 7.14. The summed E-state index contributed by atoms with van der Waals surface area (Å²) in [4.78, 5) is 0. The number of aliphatic hydroxyl groups is 2. The van der Waals surface area contributed by atoms with E-state index in [1.54, 1.807) is 0 Å². The van der Waals surface area contributed by atoms with Crippen LogP contribution in [-0.4, -0.2) is 46.5 Å². The first-order valence-corrected chi connectivity index (χ1v) is 9.70. The minimum absolute atomic E-state index is 0.131. The van der Waals surface area contributed by atoms with Crippen LogP contribution < -0.4 is 0 Å². The molecule has 0 heterocycles. The number of rotatable bonds is 5. The number of hydrogen-bond acceptors (Lipinski definition) is 2. The molecule has 0 saturated carbocycles. The Hall–Kier alpha value is 0.959. The average Bonchev–Trinajstić information content (AvgIpc) is 1.99. The predicted octanol–water partition coefficient (Wildman–Crippen LogP) is -0.233. The Morgan fingerprint density at radius 1 is 1.00 bits per heavy atom. The van der Waals surface area contributed by atoms with Crippen LogP contribution in [0, 0.1) is 0 Å². The van der Waals surface area contributed by atoms with Crippen LogP contribution in [0.4, 0.5) is 0 Å². The monoisotopic (exact) mass is 278 g/mol. The van der Waals surface area contributed by atoms with Crippen molar-refractivity contribution >= 4 is 26.3 Å². The predicted molar refractivity (Wildman–Crippen MR) is 44.1 cm³/mol. The molecule has 0 aliphatic rings. The maximum atomic E-state index is 9.13. The van der Waals surface area contributed by atoms with E-state index < -0.39 is 0 Å². The Labute approximate surface area is 73.3 Å². The normalized spacial score (nSPS) is 16.8. The van der Waals surface area contributed by atoms with Gasteiger partial charge in [0.05, 0.1) is 0 Å². The summed E-state index contributed by atoms with van der Waals surface area (Å²) < 4.78 is 0. The van der Waals surface area contributed by atoms with Gasteiger partial charge in [-0.15, -0.1) is 0 Å². The van der Waals surface area contributed by atoms with Gasteiger partial charge in [0.1, 0.15) is 0 Å². The van der Waals surface area contributed by atoms with Gasteiger partial charge in [0.2, 0.25) is 0 Å². The first kappa shape index (κ1) is 11.0. The van der Waals surface area contributed by atoms with Gasteiger partial charge in [-0.3, -0.25) is 0 Å². The fraction of sp³-hybridized carbons (Fsp3) is 1.00. The standard InChI is InChI=1S/C6H14O2Se2/c1-3-5(7)9-10-6(8)4-2/h5-8H,3-4H2,1-2H3. The van der Waals surface area contributed by atoms with Gasteiger partial charge >= 0.3 is 73.2 Å². The second kappa shape index (κ2) is 6.66. The summed E-state index contributed by atoms with van der Waals surface area (Å²) in [5.74, 6) is 0. The number of aliphatic hydroxyl groups excluding tert-OH is 2. The van der Waals surface area contributed by atoms with Crippen molar-refractivity contribution < 1.29 is 10.2 Å². The molecule has 2 atom stereocenters. The Bertz CT molecular complexity index is 70.1. The molecule has 0 radical (unpaired) electrons. The van der Waals surface area contributed by atoms with Crippen LogP contribution in [0.25, 0.3) is 0 Å². The third-order valence-electron chi connectivity index (χ3n) is 0.976. The molecule has 0 aliphatic carbocycles. The summed E-state index contributed by atoms with van der Waals surface area (Å²) in [6.07, 6.45) is 1.66. The Kier molecular flexibility index (Phi) is 7.29. The van der Waals surface area contributed by atoms with E-state index in [1.165, 1.54) is 0 Å². The molecule has 62 valence electrons. The maximum absolute atomic E-state index is 9.13. The molecule has 2 unspecified atom stereocenters. The molecule has 0 aromatic rings. The van der Waals surface area contributed by atoms with Gasteiger partial charge in [0, 0.05) is 0 Å². The van der Waals surface area contributed by atoms with Crippen LogP contribution in [0.3, 0.4) is 0 Å². The van der Waals surface area contributed by atoms with Crippen molar-refractivity contribution in [2.45, 2.75) is 36.7 Å². The zero-order valence-corrected chi connectivity index (χ0v) is 9.71. The van der Waals surface area contributed by atoms with Gasteiger partial charge in [-0.1, -0.05) is 0 Å². The molecule has 2 N–H and O–H groups in total. The zero-order valence-electron chi connectivity index (χ0n) is 6.28. The summed E-state index contributed by atoms with van der Waals surface area (Å²) in [7, 11) is 0. The molecule has 0 amide bonds. The molecule has 0 rings (SSSR count). The Morgan fingerprint density at radius 2 is 1.30 bits per heavy atom. The van der Waals surface area contributed by atoms with E-state index >= 15 is 0 Å². The second-order valence-corrected chi connectivity index (χ2v) is 9.21. The van der Waals surface area contributed by atoms with E-state index in [-0.39, 0.29) is 36.3 Å². The summed E-state index contributed by atoms with van der Waals surface area (Å²) in [5, 5.41) is 18.0. The molecule has 0 aromatic carbocycles. The fourth-order valence-electron chi connectivity index (χ4n) is 0.264. The molecule has 0 spiro atoms. The Morgan fingerprint density at radius 3 is 1.50 bits per heavy atom. The molecule has 10 heavy (non-hydrogen) atoms. The van der Waals surface area contributed by atoms with E-state index in [1.807, 2.05) is 13.8 Å². The molecule has 0 aliphatic heterocycles. The van der Waals surface area contributed by atoms with Crippen LogP contribution in [0.5, 0.6) is 0 Å². The molecule has 0 saturated heterocycles. The molecule has 0 aromatic heterocycles. The van der Waals surface area contributed by atoms with Crippen molar-refractivity contribution in [3.8, 4) is 0 Å². The van der Waals surface area contributed by atoms with Crippen LogP contribution in [-0.2, 0) is 0 Å². The van der Waals surface area contributed by atoms with Gasteiger partial charge < -0.3 is 0 Å². The van der Waals surface area contributed by atoms with E-state index in [2.05, 4.69) is 0 Å². The topological polar surface area (TPSA) is 40.5 Å². The van der Waals surface area contributed by atoms with Crippen molar-refractivity contribution in [2.24, 2.45) is 0 Å². The van der Waals surface area contributed by atoms with E-state index in [0.29, 0.717) is 0 Å². The van der Waals surface area contributed by atoms with Crippen molar-refractivity contribution in [1.82, 2.24) is 0 Å². The summed E-state index contributed by atoms with van der Waals surface area (Å²) in [6, 6.07) is 0. The van der Waals surface area contributed by atoms with E-state index in [9.17, 15) is 0 Å². The van der Waals surface area contributed by atoms with Crippen molar-refractivity contribution in [3.05, 3.63) is 0 Å². The molecule has 4 heteroatoms. The van der Waals surface area contributed by atoms with Crippen LogP contribution in [0.1, 0.15) is 26.7 Å². The SMILES string of the molecule is CCC(O)[Se][Se]C(O)CC. The summed E-state index contributed by atoms with van der Waals surface area (Å²) >= 11 is 0.550. The van der Waals surface area contributed by atoms with Gasteiger partial charge in [0.15, 0.2) is 0 Å². The third kappa shape index (κ3) is 5.72. The van der Waals surface area contributed by atoms with Gasteiger partial charge in [0.25, 0.3) is 0 Å². The minimum atomic E-state index is -0.131. The number of hydrogen-bond donors (Lipinski definition) is 2. The van der Waals surface area contributed by atoms with E-state index in [4.69, 9.17) is 10.2 Å². The van der Waals surface area contributed by atoms with Crippen molar-refractivity contribution in [3.63, 3.8) is 0 Å². The van der Waals surface area contributed by atoms with Crippen LogP contribution in [0.2, 0.25) is 0 Å². The van der Waals surface area contributed by atoms with Crippen molar-refractivity contribution in [1.29, 1.82) is 0 Å². The molecule has 2 nitrogen and oxygen atoms in total. The molecular weight excluding hydrogens is 262 g/mol. The van der Waals surface area contributed by atoms with Gasteiger partial charge in [-0.2, -0.15) is 0 Å². The molecule has 0 bridgehead atoms. The summed E-state index contributed by atoms with van der Waals surface area (Å²) in [5.41, 5.74) is 0. The second-order valence-electron chi connectivity index (χ2n) is 1.92. The van der Waals surface area contributed by atoms with Gasteiger partial charge in [-0.05, 0) is 0 Å². The summed E-state index contributed by atoms with van der Waals surface area (Å²) in [6.45, 7) is 3.95. The first-order chi connectivity index (χ1) is 4.70. The van der Waals surface area contributed by atoms with Crippen molar-refractivity contribution in [2.75, 3.05) is 0 Å². The van der Waals surface area contributed by atoms with Crippen LogP contribution >= 0.6 is 0 Å². The average molecular weight is 276 g/mol. The first-order valence-electron chi connectivity index (χ1n) is 3.39. The quantitative estimate of drug-likeness (QED) is 0.681. The molecule has 0 fully saturated rings. The van der Waals surface area contributed by atoms with Crippen LogP contribution in [0.15, 0.2) is 0 Å². The van der Waals surface area contributed by atoms with E-state index in [0.717, 1.165) is 12.8 Å². The Balaban J connectivity index is 3.17.